The fourth-order valence-corrected chi connectivity index (χ4v) is 1.98. The molecule has 1 aromatic heterocycles. The van der Waals surface area contributed by atoms with Crippen molar-refractivity contribution in [3.05, 3.63) is 35.5 Å². The molecule has 96 valence electrons. The SMILES string of the molecule is CCC(N)Cc1ccc2[nH]c(C(=O)OC)cc2c1. The summed E-state index contributed by atoms with van der Waals surface area (Å²) in [6, 6.07) is 8.06. The molecule has 1 heterocycles. The topological polar surface area (TPSA) is 68.1 Å². The van der Waals surface area contributed by atoms with Gasteiger partial charge in [-0.3, -0.25) is 0 Å². The summed E-state index contributed by atoms with van der Waals surface area (Å²) in [5, 5.41) is 1.01. The lowest BCUT2D eigenvalue weighted by Crippen LogP contribution is -2.21. The molecule has 2 aromatic rings. The summed E-state index contributed by atoms with van der Waals surface area (Å²) in [6.07, 6.45) is 1.81. The number of methoxy groups -OCH3 is 1. The van der Waals surface area contributed by atoms with Crippen LogP contribution in [0.5, 0.6) is 0 Å². The maximum absolute atomic E-state index is 11.4. The highest BCUT2D eigenvalue weighted by Gasteiger charge is 2.10. The van der Waals surface area contributed by atoms with Gasteiger partial charge in [0.2, 0.25) is 0 Å². The van der Waals surface area contributed by atoms with Crippen LogP contribution in [0.2, 0.25) is 0 Å². The third kappa shape index (κ3) is 2.54. The lowest BCUT2D eigenvalue weighted by molar-refractivity contribution is 0.0595. The van der Waals surface area contributed by atoms with Gasteiger partial charge in [0, 0.05) is 16.9 Å². The van der Waals surface area contributed by atoms with Crippen molar-refractivity contribution in [1.29, 1.82) is 0 Å². The zero-order valence-electron chi connectivity index (χ0n) is 10.7. The van der Waals surface area contributed by atoms with Crippen molar-refractivity contribution in [2.45, 2.75) is 25.8 Å². The molecule has 3 N–H and O–H groups in total. The van der Waals surface area contributed by atoms with Crippen molar-refractivity contribution in [3.8, 4) is 0 Å². The Morgan fingerprint density at radius 2 is 2.22 bits per heavy atom. The largest absolute Gasteiger partial charge is 0.464 e. The van der Waals surface area contributed by atoms with Crippen LogP contribution in [0.1, 0.15) is 29.4 Å². The fourth-order valence-electron chi connectivity index (χ4n) is 1.98. The molecule has 0 spiro atoms. The predicted octanol–water partition coefficient (Wildman–Crippen LogP) is 2.23. The first-order valence-corrected chi connectivity index (χ1v) is 6.09. The van der Waals surface area contributed by atoms with E-state index in [-0.39, 0.29) is 12.0 Å². The summed E-state index contributed by atoms with van der Waals surface area (Å²) in [5.41, 5.74) is 8.54. The number of carbonyl (C=O) groups is 1. The summed E-state index contributed by atoms with van der Waals surface area (Å²) < 4.78 is 4.69. The van der Waals surface area contributed by atoms with Gasteiger partial charge in [-0.15, -0.1) is 0 Å². The molecule has 4 heteroatoms. The summed E-state index contributed by atoms with van der Waals surface area (Å²) >= 11 is 0. The molecule has 1 aromatic carbocycles. The molecule has 0 aliphatic rings. The second kappa shape index (κ2) is 5.23. The first-order chi connectivity index (χ1) is 8.63. The van der Waals surface area contributed by atoms with Gasteiger partial charge in [0.1, 0.15) is 5.69 Å². The van der Waals surface area contributed by atoms with E-state index < -0.39 is 0 Å². The number of aromatic nitrogens is 1. The summed E-state index contributed by atoms with van der Waals surface area (Å²) in [6.45, 7) is 2.08. The van der Waals surface area contributed by atoms with Crippen LogP contribution in [0.3, 0.4) is 0 Å². The highest BCUT2D eigenvalue weighted by molar-refractivity contribution is 5.94. The number of ether oxygens (including phenoxy) is 1. The molecule has 0 bridgehead atoms. The average molecular weight is 246 g/mol. The van der Waals surface area contributed by atoms with E-state index in [9.17, 15) is 4.79 Å². The molecule has 18 heavy (non-hydrogen) atoms. The van der Waals surface area contributed by atoms with Gasteiger partial charge in [0.05, 0.1) is 7.11 Å². The van der Waals surface area contributed by atoms with E-state index >= 15 is 0 Å². The van der Waals surface area contributed by atoms with E-state index in [1.54, 1.807) is 0 Å². The Kier molecular flexibility index (Phi) is 3.67. The summed E-state index contributed by atoms with van der Waals surface area (Å²) in [4.78, 5) is 14.5. The third-order valence-electron chi connectivity index (χ3n) is 3.11. The van der Waals surface area contributed by atoms with Crippen LogP contribution < -0.4 is 5.73 Å². The Balaban J connectivity index is 2.30. The first-order valence-electron chi connectivity index (χ1n) is 6.09. The van der Waals surface area contributed by atoms with Crippen LogP contribution in [-0.4, -0.2) is 24.1 Å². The van der Waals surface area contributed by atoms with E-state index in [0.29, 0.717) is 5.69 Å². The number of fused-ring (bicyclic) bond motifs is 1. The minimum absolute atomic E-state index is 0.182. The molecule has 0 aliphatic carbocycles. The van der Waals surface area contributed by atoms with Crippen LogP contribution in [0.25, 0.3) is 10.9 Å². The van der Waals surface area contributed by atoms with Crippen molar-refractivity contribution >= 4 is 16.9 Å². The molecule has 1 unspecified atom stereocenters. The number of benzene rings is 1. The molecule has 0 aliphatic heterocycles. The zero-order chi connectivity index (χ0) is 13.1. The summed E-state index contributed by atoms with van der Waals surface area (Å²) in [5.74, 6) is -0.349. The highest BCUT2D eigenvalue weighted by Crippen LogP contribution is 2.18. The number of hydrogen-bond acceptors (Lipinski definition) is 3. The quantitative estimate of drug-likeness (QED) is 0.813. The Morgan fingerprint density at radius 1 is 1.44 bits per heavy atom. The van der Waals surface area contributed by atoms with Crippen molar-refractivity contribution in [2.75, 3.05) is 7.11 Å². The van der Waals surface area contributed by atoms with Gasteiger partial charge < -0.3 is 15.5 Å². The normalized spacial score (nSPS) is 12.6. The van der Waals surface area contributed by atoms with Gasteiger partial charge in [-0.25, -0.2) is 4.79 Å². The minimum Gasteiger partial charge on any atom is -0.464 e. The first kappa shape index (κ1) is 12.6. The second-order valence-electron chi connectivity index (χ2n) is 4.47. The molecule has 0 saturated heterocycles. The number of esters is 1. The third-order valence-corrected chi connectivity index (χ3v) is 3.11. The molecule has 0 radical (unpaired) electrons. The molecule has 0 amide bonds. The lowest BCUT2D eigenvalue weighted by Gasteiger charge is -2.08. The highest BCUT2D eigenvalue weighted by atomic mass is 16.5. The molecular weight excluding hydrogens is 228 g/mol. The maximum atomic E-state index is 11.4. The van der Waals surface area contributed by atoms with Gasteiger partial charge in [-0.1, -0.05) is 13.0 Å². The van der Waals surface area contributed by atoms with Crippen LogP contribution in [-0.2, 0) is 11.2 Å². The number of rotatable bonds is 4. The van der Waals surface area contributed by atoms with Gasteiger partial charge in [0.25, 0.3) is 0 Å². The standard InChI is InChI=1S/C14H18N2O2/c1-3-11(15)7-9-4-5-12-10(6-9)8-13(16-12)14(17)18-2/h4-6,8,11,16H,3,7,15H2,1-2H3. The van der Waals surface area contributed by atoms with E-state index in [1.165, 1.54) is 12.7 Å². The zero-order valence-corrected chi connectivity index (χ0v) is 10.7. The minimum atomic E-state index is -0.349. The molecule has 2 rings (SSSR count). The van der Waals surface area contributed by atoms with Crippen LogP contribution in [0, 0.1) is 0 Å². The number of H-pyrrole nitrogens is 1. The van der Waals surface area contributed by atoms with E-state index in [4.69, 9.17) is 5.73 Å². The summed E-state index contributed by atoms with van der Waals surface area (Å²) in [7, 11) is 1.37. The Bertz CT molecular complexity index is 560. The number of hydrogen-bond donors (Lipinski definition) is 2. The Morgan fingerprint density at radius 3 is 2.89 bits per heavy atom. The van der Waals surface area contributed by atoms with Gasteiger partial charge in [-0.05, 0) is 36.6 Å². The number of nitrogens with one attached hydrogen (secondary N) is 1. The maximum Gasteiger partial charge on any atom is 0.354 e. The Labute approximate surface area is 106 Å². The van der Waals surface area contributed by atoms with Crippen LogP contribution in [0.4, 0.5) is 0 Å². The van der Waals surface area contributed by atoms with Gasteiger partial charge in [0.15, 0.2) is 0 Å². The van der Waals surface area contributed by atoms with Gasteiger partial charge in [-0.2, -0.15) is 0 Å². The smallest absolute Gasteiger partial charge is 0.354 e. The molecule has 1 atom stereocenters. The number of nitrogens with two attached hydrogens (primary N) is 1. The predicted molar refractivity (Wildman–Crippen MR) is 71.6 cm³/mol. The molecule has 0 fully saturated rings. The van der Waals surface area contributed by atoms with Crippen LogP contribution in [0.15, 0.2) is 24.3 Å². The van der Waals surface area contributed by atoms with Crippen molar-refractivity contribution < 1.29 is 9.53 Å². The van der Waals surface area contributed by atoms with Gasteiger partial charge >= 0.3 is 5.97 Å². The lowest BCUT2D eigenvalue weighted by atomic mass is 10.0. The Hall–Kier alpha value is -1.81. The molecular formula is C14H18N2O2. The average Bonchev–Trinajstić information content (AvgIpc) is 2.80. The second-order valence-corrected chi connectivity index (χ2v) is 4.47. The fraction of sp³-hybridized carbons (Fsp3) is 0.357. The van der Waals surface area contributed by atoms with Crippen molar-refractivity contribution in [2.24, 2.45) is 5.73 Å². The number of aromatic amines is 1. The van der Waals surface area contributed by atoms with Crippen LogP contribution >= 0.6 is 0 Å². The van der Waals surface area contributed by atoms with Crippen molar-refractivity contribution in [3.63, 3.8) is 0 Å². The monoisotopic (exact) mass is 246 g/mol. The molecule has 4 nitrogen and oxygen atoms in total. The van der Waals surface area contributed by atoms with E-state index in [1.807, 2.05) is 18.2 Å². The van der Waals surface area contributed by atoms with Crippen molar-refractivity contribution in [1.82, 2.24) is 4.98 Å². The molecule has 0 saturated carbocycles. The number of carbonyl (C=O) groups excluding carboxylic acids is 1. The van der Waals surface area contributed by atoms with E-state index in [0.717, 1.165) is 23.7 Å². The van der Waals surface area contributed by atoms with E-state index in [2.05, 4.69) is 22.7 Å².